The number of thioether (sulfide) groups is 1. The molecule has 0 aromatic heterocycles. The number of rotatable bonds is 6. The van der Waals surface area contributed by atoms with Crippen LogP contribution in [0.2, 0.25) is 0 Å². The second kappa shape index (κ2) is 6.91. The van der Waals surface area contributed by atoms with Crippen molar-refractivity contribution in [2.24, 2.45) is 5.41 Å². The lowest BCUT2D eigenvalue weighted by molar-refractivity contribution is -0.387. The Morgan fingerprint density at radius 3 is 2.53 bits per heavy atom. The van der Waals surface area contributed by atoms with E-state index in [4.69, 9.17) is 0 Å². The van der Waals surface area contributed by atoms with Crippen LogP contribution in [0.15, 0.2) is 29.2 Å². The molecule has 0 saturated heterocycles. The summed E-state index contributed by atoms with van der Waals surface area (Å²) in [5.74, 6) is 0.822. The maximum Gasteiger partial charge on any atom is 0.282 e. The molecule has 0 fully saturated rings. The van der Waals surface area contributed by atoms with E-state index < -0.39 is 0 Å². The molecule has 4 nitrogen and oxygen atoms in total. The van der Waals surface area contributed by atoms with Crippen molar-refractivity contribution in [2.45, 2.75) is 38.6 Å². The van der Waals surface area contributed by atoms with Crippen LogP contribution in [-0.4, -0.2) is 23.3 Å². The number of nitro groups is 1. The van der Waals surface area contributed by atoms with E-state index in [2.05, 4.69) is 33.0 Å². The first-order valence-electron chi connectivity index (χ1n) is 6.46. The van der Waals surface area contributed by atoms with Gasteiger partial charge >= 0.3 is 0 Å². The molecule has 106 valence electrons. The van der Waals surface area contributed by atoms with Crippen LogP contribution in [0.3, 0.4) is 0 Å². The molecule has 0 bridgehead atoms. The molecule has 1 N–H and O–H groups in total. The number of nitrogens with one attached hydrogen (secondary N) is 1. The van der Waals surface area contributed by atoms with E-state index in [1.807, 2.05) is 12.1 Å². The maximum absolute atomic E-state index is 11.0. The van der Waals surface area contributed by atoms with Crippen LogP contribution in [0, 0.1) is 15.5 Å². The SMILES string of the molecule is CCNC(CSc1ccccc1[N+](=O)[O-])C(C)(C)C. The zero-order valence-corrected chi connectivity index (χ0v) is 12.8. The van der Waals surface area contributed by atoms with Crippen molar-refractivity contribution < 1.29 is 4.92 Å². The third-order valence-corrected chi connectivity index (χ3v) is 4.12. The topological polar surface area (TPSA) is 55.2 Å². The molecule has 1 aromatic carbocycles. The molecule has 1 rings (SSSR count). The number of nitro benzene ring substituents is 1. The van der Waals surface area contributed by atoms with E-state index in [-0.39, 0.29) is 16.0 Å². The van der Waals surface area contributed by atoms with Gasteiger partial charge in [0, 0.05) is 17.9 Å². The first kappa shape index (κ1) is 16.0. The molecule has 1 aromatic rings. The van der Waals surface area contributed by atoms with E-state index in [0.29, 0.717) is 6.04 Å². The van der Waals surface area contributed by atoms with Crippen LogP contribution in [0.4, 0.5) is 5.69 Å². The van der Waals surface area contributed by atoms with Crippen LogP contribution in [0.5, 0.6) is 0 Å². The predicted octanol–water partition coefficient (Wildman–Crippen LogP) is 3.71. The highest BCUT2D eigenvalue weighted by atomic mass is 32.2. The Balaban J connectivity index is 2.77. The molecular weight excluding hydrogens is 260 g/mol. The maximum atomic E-state index is 11.0. The fourth-order valence-corrected chi connectivity index (χ4v) is 3.19. The van der Waals surface area contributed by atoms with Gasteiger partial charge in [-0.3, -0.25) is 10.1 Å². The fraction of sp³-hybridized carbons (Fsp3) is 0.571. The van der Waals surface area contributed by atoms with Gasteiger partial charge in [0.1, 0.15) is 0 Å². The molecule has 0 aliphatic rings. The van der Waals surface area contributed by atoms with Crippen LogP contribution < -0.4 is 5.32 Å². The van der Waals surface area contributed by atoms with Crippen molar-refractivity contribution in [3.63, 3.8) is 0 Å². The average molecular weight is 282 g/mol. The normalized spacial score (nSPS) is 13.3. The Kier molecular flexibility index (Phi) is 5.82. The summed E-state index contributed by atoms with van der Waals surface area (Å²) in [6, 6.07) is 7.24. The highest BCUT2D eigenvalue weighted by Gasteiger charge is 2.24. The van der Waals surface area contributed by atoms with E-state index in [1.165, 1.54) is 0 Å². The molecule has 5 heteroatoms. The summed E-state index contributed by atoms with van der Waals surface area (Å²) in [5.41, 5.74) is 0.323. The molecule has 0 heterocycles. The molecule has 1 atom stereocenters. The number of hydrogen-bond acceptors (Lipinski definition) is 4. The monoisotopic (exact) mass is 282 g/mol. The van der Waals surface area contributed by atoms with E-state index in [9.17, 15) is 10.1 Å². The lowest BCUT2D eigenvalue weighted by Gasteiger charge is -2.31. The minimum Gasteiger partial charge on any atom is -0.313 e. The second-order valence-electron chi connectivity index (χ2n) is 5.51. The van der Waals surface area contributed by atoms with Gasteiger partial charge in [-0.2, -0.15) is 0 Å². The van der Waals surface area contributed by atoms with Gasteiger partial charge in [0.15, 0.2) is 0 Å². The molecule has 0 amide bonds. The summed E-state index contributed by atoms with van der Waals surface area (Å²) in [6.45, 7) is 9.52. The third kappa shape index (κ3) is 4.84. The number of hydrogen-bond donors (Lipinski definition) is 1. The number of para-hydroxylation sites is 1. The minimum absolute atomic E-state index is 0.132. The summed E-state index contributed by atoms with van der Waals surface area (Å²) in [6.07, 6.45) is 0. The summed E-state index contributed by atoms with van der Waals surface area (Å²) < 4.78 is 0. The zero-order chi connectivity index (χ0) is 14.5. The zero-order valence-electron chi connectivity index (χ0n) is 12.0. The third-order valence-electron chi connectivity index (χ3n) is 2.96. The largest absolute Gasteiger partial charge is 0.313 e. The van der Waals surface area contributed by atoms with Crippen LogP contribution in [0.25, 0.3) is 0 Å². The Labute approximate surface area is 119 Å². The average Bonchev–Trinajstić information content (AvgIpc) is 2.33. The highest BCUT2D eigenvalue weighted by molar-refractivity contribution is 7.99. The molecule has 0 saturated carbocycles. The Morgan fingerprint density at radius 2 is 2.00 bits per heavy atom. The van der Waals surface area contributed by atoms with Crippen molar-refractivity contribution in [1.29, 1.82) is 0 Å². The summed E-state index contributed by atoms with van der Waals surface area (Å²) in [5, 5.41) is 14.4. The second-order valence-corrected chi connectivity index (χ2v) is 6.57. The Bertz CT molecular complexity index is 430. The van der Waals surface area contributed by atoms with Gasteiger partial charge in [0.05, 0.1) is 9.82 Å². The van der Waals surface area contributed by atoms with E-state index in [0.717, 1.165) is 17.2 Å². The van der Waals surface area contributed by atoms with Gasteiger partial charge in [-0.15, -0.1) is 11.8 Å². The highest BCUT2D eigenvalue weighted by Crippen LogP contribution is 2.32. The van der Waals surface area contributed by atoms with Crippen LogP contribution >= 0.6 is 11.8 Å². The van der Waals surface area contributed by atoms with Crippen molar-refractivity contribution in [2.75, 3.05) is 12.3 Å². The summed E-state index contributed by atoms with van der Waals surface area (Å²) in [7, 11) is 0. The van der Waals surface area contributed by atoms with Crippen LogP contribution in [0.1, 0.15) is 27.7 Å². The van der Waals surface area contributed by atoms with Crippen molar-refractivity contribution in [1.82, 2.24) is 5.32 Å². The first-order chi connectivity index (χ1) is 8.86. The lowest BCUT2D eigenvalue weighted by Crippen LogP contribution is -2.42. The molecule has 0 aliphatic carbocycles. The number of nitrogens with zero attached hydrogens (tertiary/aromatic N) is 1. The molecule has 0 aliphatic heterocycles. The van der Waals surface area contributed by atoms with E-state index in [1.54, 1.807) is 23.9 Å². The molecule has 0 spiro atoms. The number of benzene rings is 1. The summed E-state index contributed by atoms with van der Waals surface area (Å²) in [4.78, 5) is 11.4. The minimum atomic E-state index is -0.318. The Hall–Kier alpha value is -1.07. The van der Waals surface area contributed by atoms with Gasteiger partial charge in [-0.1, -0.05) is 39.8 Å². The lowest BCUT2D eigenvalue weighted by atomic mass is 9.88. The molecule has 0 radical (unpaired) electrons. The van der Waals surface area contributed by atoms with E-state index >= 15 is 0 Å². The van der Waals surface area contributed by atoms with Crippen LogP contribution in [-0.2, 0) is 0 Å². The van der Waals surface area contributed by atoms with Crippen molar-refractivity contribution in [3.8, 4) is 0 Å². The van der Waals surface area contributed by atoms with Gasteiger partial charge < -0.3 is 5.32 Å². The van der Waals surface area contributed by atoms with Gasteiger partial charge in [0.2, 0.25) is 0 Å². The quantitative estimate of drug-likeness (QED) is 0.491. The Morgan fingerprint density at radius 1 is 1.37 bits per heavy atom. The predicted molar refractivity (Wildman–Crippen MR) is 80.7 cm³/mol. The van der Waals surface area contributed by atoms with Gasteiger partial charge in [-0.25, -0.2) is 0 Å². The summed E-state index contributed by atoms with van der Waals surface area (Å²) >= 11 is 1.55. The van der Waals surface area contributed by atoms with Crippen molar-refractivity contribution in [3.05, 3.63) is 34.4 Å². The first-order valence-corrected chi connectivity index (χ1v) is 7.44. The van der Waals surface area contributed by atoms with Crippen molar-refractivity contribution >= 4 is 17.4 Å². The fourth-order valence-electron chi connectivity index (χ4n) is 1.76. The molecule has 19 heavy (non-hydrogen) atoms. The smallest absolute Gasteiger partial charge is 0.282 e. The van der Waals surface area contributed by atoms with Gasteiger partial charge in [-0.05, 0) is 18.0 Å². The van der Waals surface area contributed by atoms with Gasteiger partial charge in [0.25, 0.3) is 5.69 Å². The standard InChI is InChI=1S/C14H22N2O2S/c1-5-15-13(14(2,3)4)10-19-12-9-7-6-8-11(12)16(17)18/h6-9,13,15H,5,10H2,1-4H3. The molecule has 1 unspecified atom stereocenters. The molecular formula is C14H22N2O2S.